The molecule has 0 fully saturated rings. The van der Waals surface area contributed by atoms with Crippen molar-refractivity contribution in [3.63, 3.8) is 0 Å². The van der Waals surface area contributed by atoms with Gasteiger partial charge in [-0.3, -0.25) is 4.79 Å². The predicted molar refractivity (Wildman–Crippen MR) is 79.7 cm³/mol. The highest BCUT2D eigenvalue weighted by Gasteiger charge is 2.10. The third kappa shape index (κ3) is 3.08. The molecular formula is C15H12ClN3O. The Kier molecular flexibility index (Phi) is 3.92. The van der Waals surface area contributed by atoms with E-state index in [1.807, 2.05) is 13.0 Å². The van der Waals surface area contributed by atoms with Crippen LogP contribution in [0.5, 0.6) is 0 Å². The molecule has 0 aromatic heterocycles. The van der Waals surface area contributed by atoms with Gasteiger partial charge >= 0.3 is 0 Å². The molecule has 2 rings (SSSR count). The summed E-state index contributed by atoms with van der Waals surface area (Å²) < 4.78 is 0. The summed E-state index contributed by atoms with van der Waals surface area (Å²) in [4.78, 5) is 12.2. The van der Waals surface area contributed by atoms with Gasteiger partial charge in [-0.2, -0.15) is 5.26 Å². The number of aryl methyl sites for hydroxylation is 1. The second kappa shape index (κ2) is 5.64. The first-order valence-electron chi connectivity index (χ1n) is 5.88. The number of benzene rings is 2. The summed E-state index contributed by atoms with van der Waals surface area (Å²) in [6.45, 7) is 1.85. The molecule has 20 heavy (non-hydrogen) atoms. The maximum Gasteiger partial charge on any atom is 0.255 e. The Bertz CT molecular complexity index is 699. The summed E-state index contributed by atoms with van der Waals surface area (Å²) in [5.41, 5.74) is 8.39. The van der Waals surface area contributed by atoms with E-state index in [0.717, 1.165) is 5.56 Å². The Morgan fingerprint density at radius 2 is 2.05 bits per heavy atom. The van der Waals surface area contributed by atoms with E-state index in [1.165, 1.54) is 6.07 Å². The van der Waals surface area contributed by atoms with Crippen molar-refractivity contribution in [2.75, 3.05) is 11.1 Å². The minimum absolute atomic E-state index is 0.322. The number of hydrogen-bond donors (Lipinski definition) is 2. The number of halogens is 1. The SMILES string of the molecule is Cc1ccc(C#N)cc1NC(=O)c1cc(N)cc(Cl)c1. The first-order valence-corrected chi connectivity index (χ1v) is 6.25. The van der Waals surface area contributed by atoms with Crippen molar-refractivity contribution < 1.29 is 4.79 Å². The number of nitriles is 1. The number of nitrogens with zero attached hydrogens (tertiary/aromatic N) is 1. The number of hydrogen-bond acceptors (Lipinski definition) is 3. The molecule has 0 aliphatic rings. The number of carbonyl (C=O) groups excluding carboxylic acids is 1. The minimum Gasteiger partial charge on any atom is -0.399 e. The van der Waals surface area contributed by atoms with Crippen molar-refractivity contribution in [2.24, 2.45) is 0 Å². The van der Waals surface area contributed by atoms with Crippen molar-refractivity contribution in [1.29, 1.82) is 5.26 Å². The highest BCUT2D eigenvalue weighted by Crippen LogP contribution is 2.20. The summed E-state index contributed by atoms with van der Waals surface area (Å²) in [6.07, 6.45) is 0. The van der Waals surface area contributed by atoms with Crippen LogP contribution < -0.4 is 11.1 Å². The smallest absolute Gasteiger partial charge is 0.255 e. The molecule has 100 valence electrons. The number of carbonyl (C=O) groups is 1. The lowest BCUT2D eigenvalue weighted by Crippen LogP contribution is -2.13. The zero-order chi connectivity index (χ0) is 14.7. The first kappa shape index (κ1) is 13.9. The fourth-order valence-corrected chi connectivity index (χ4v) is 2.01. The van der Waals surface area contributed by atoms with Crippen molar-refractivity contribution in [3.05, 3.63) is 58.1 Å². The fourth-order valence-electron chi connectivity index (χ4n) is 1.76. The molecule has 0 aliphatic heterocycles. The molecule has 3 N–H and O–H groups in total. The monoisotopic (exact) mass is 285 g/mol. The van der Waals surface area contributed by atoms with Gasteiger partial charge < -0.3 is 11.1 Å². The molecule has 0 radical (unpaired) electrons. The average Bonchev–Trinajstić information content (AvgIpc) is 2.40. The number of nitrogens with two attached hydrogens (primary N) is 1. The van der Waals surface area contributed by atoms with Gasteiger partial charge in [-0.25, -0.2) is 0 Å². The van der Waals surface area contributed by atoms with E-state index >= 15 is 0 Å². The van der Waals surface area contributed by atoms with Gasteiger partial charge in [-0.15, -0.1) is 0 Å². The molecule has 1 amide bonds. The summed E-state index contributed by atoms with van der Waals surface area (Å²) in [5, 5.41) is 12.0. The Labute approximate surface area is 121 Å². The van der Waals surface area contributed by atoms with Gasteiger partial charge in [0.25, 0.3) is 5.91 Å². The summed E-state index contributed by atoms with van der Waals surface area (Å²) in [5.74, 6) is -0.322. The highest BCUT2D eigenvalue weighted by atomic mass is 35.5. The van der Waals surface area contributed by atoms with Crippen molar-refractivity contribution in [3.8, 4) is 6.07 Å². The van der Waals surface area contributed by atoms with Crippen LogP contribution in [0, 0.1) is 18.3 Å². The zero-order valence-electron chi connectivity index (χ0n) is 10.8. The predicted octanol–water partition coefficient (Wildman–Crippen LogP) is 3.35. The van der Waals surface area contributed by atoms with E-state index in [2.05, 4.69) is 5.32 Å². The number of anilines is 2. The van der Waals surface area contributed by atoms with Crippen molar-refractivity contribution >= 4 is 28.9 Å². The van der Waals surface area contributed by atoms with Gasteiger partial charge in [0, 0.05) is 22.0 Å². The van der Waals surface area contributed by atoms with E-state index in [-0.39, 0.29) is 5.91 Å². The Morgan fingerprint density at radius 3 is 2.70 bits per heavy atom. The van der Waals surface area contributed by atoms with E-state index in [9.17, 15) is 4.79 Å². The molecule has 0 atom stereocenters. The molecular weight excluding hydrogens is 274 g/mol. The van der Waals surface area contributed by atoms with Crippen LogP contribution in [-0.2, 0) is 0 Å². The molecule has 0 saturated carbocycles. The maximum atomic E-state index is 12.2. The third-order valence-corrected chi connectivity index (χ3v) is 3.02. The molecule has 0 heterocycles. The topological polar surface area (TPSA) is 78.9 Å². The Balaban J connectivity index is 2.30. The molecule has 2 aromatic carbocycles. The van der Waals surface area contributed by atoms with Crippen molar-refractivity contribution in [1.82, 2.24) is 0 Å². The lowest BCUT2D eigenvalue weighted by molar-refractivity contribution is 0.102. The van der Waals surface area contributed by atoms with E-state index < -0.39 is 0 Å². The summed E-state index contributed by atoms with van der Waals surface area (Å²) in [6, 6.07) is 11.8. The van der Waals surface area contributed by atoms with Crippen LogP contribution in [0.2, 0.25) is 5.02 Å². The standard InChI is InChI=1S/C15H12ClN3O/c1-9-2-3-10(8-17)4-14(9)19-15(20)11-5-12(16)7-13(18)6-11/h2-7H,18H2,1H3,(H,19,20). The molecule has 0 unspecified atom stereocenters. The van der Waals surface area contributed by atoms with Gasteiger partial charge in [0.05, 0.1) is 11.6 Å². The van der Waals surface area contributed by atoms with Gasteiger partial charge in [0.1, 0.15) is 0 Å². The highest BCUT2D eigenvalue weighted by molar-refractivity contribution is 6.31. The van der Waals surface area contributed by atoms with Crippen LogP contribution in [0.15, 0.2) is 36.4 Å². The summed E-state index contributed by atoms with van der Waals surface area (Å²) >= 11 is 5.87. The molecule has 0 aliphatic carbocycles. The summed E-state index contributed by atoms with van der Waals surface area (Å²) in [7, 11) is 0. The molecule has 0 saturated heterocycles. The maximum absolute atomic E-state index is 12.2. The molecule has 5 heteroatoms. The molecule has 0 spiro atoms. The molecule has 0 bridgehead atoms. The first-order chi connectivity index (χ1) is 9.49. The van der Waals surface area contributed by atoms with Gasteiger partial charge in [0.2, 0.25) is 0 Å². The lowest BCUT2D eigenvalue weighted by atomic mass is 10.1. The van der Waals surface area contributed by atoms with Crippen LogP contribution in [0.1, 0.15) is 21.5 Å². The van der Waals surface area contributed by atoms with Gasteiger partial charge in [-0.1, -0.05) is 17.7 Å². The second-order valence-corrected chi connectivity index (χ2v) is 4.81. The van der Waals surface area contributed by atoms with Crippen LogP contribution in [-0.4, -0.2) is 5.91 Å². The van der Waals surface area contributed by atoms with Crippen molar-refractivity contribution in [2.45, 2.75) is 6.92 Å². The van der Waals surface area contributed by atoms with E-state index in [4.69, 9.17) is 22.6 Å². The quantitative estimate of drug-likeness (QED) is 0.831. The number of nitrogen functional groups attached to an aromatic ring is 1. The van der Waals surface area contributed by atoms with Crippen LogP contribution >= 0.6 is 11.6 Å². The Morgan fingerprint density at radius 1 is 1.30 bits per heavy atom. The van der Waals surface area contributed by atoms with E-state index in [0.29, 0.717) is 27.5 Å². The van der Waals surface area contributed by atoms with E-state index in [1.54, 1.807) is 30.3 Å². The number of rotatable bonds is 2. The van der Waals surface area contributed by atoms with Crippen LogP contribution in [0.4, 0.5) is 11.4 Å². The third-order valence-electron chi connectivity index (χ3n) is 2.80. The van der Waals surface area contributed by atoms with Gasteiger partial charge in [0.15, 0.2) is 0 Å². The van der Waals surface area contributed by atoms with Crippen LogP contribution in [0.3, 0.4) is 0 Å². The second-order valence-electron chi connectivity index (χ2n) is 4.37. The number of nitrogens with one attached hydrogen (secondary N) is 1. The lowest BCUT2D eigenvalue weighted by Gasteiger charge is -2.09. The minimum atomic E-state index is -0.322. The normalized spacial score (nSPS) is 9.85. The number of amides is 1. The molecule has 4 nitrogen and oxygen atoms in total. The van der Waals surface area contributed by atoms with Crippen LogP contribution in [0.25, 0.3) is 0 Å². The average molecular weight is 286 g/mol. The largest absolute Gasteiger partial charge is 0.399 e. The zero-order valence-corrected chi connectivity index (χ0v) is 11.5. The Hall–Kier alpha value is -2.51. The fraction of sp³-hybridized carbons (Fsp3) is 0.0667. The van der Waals surface area contributed by atoms with Gasteiger partial charge in [-0.05, 0) is 42.8 Å². The molecule has 2 aromatic rings.